The SMILES string of the molecule is CC1=NN(CCC2CCNCC2)C(=O)C(CC(=O)NCCC(=O)O)C1. The molecule has 1 unspecified atom stereocenters. The van der Waals surface area contributed by atoms with Crippen molar-refractivity contribution in [2.45, 2.75) is 45.4 Å². The van der Waals surface area contributed by atoms with Gasteiger partial charge in [-0.05, 0) is 51.6 Å². The Hall–Kier alpha value is -1.96. The lowest BCUT2D eigenvalue weighted by atomic mass is 9.93. The van der Waals surface area contributed by atoms with Gasteiger partial charge in [-0.15, -0.1) is 0 Å². The Morgan fingerprint density at radius 1 is 1.36 bits per heavy atom. The smallest absolute Gasteiger partial charge is 0.305 e. The van der Waals surface area contributed by atoms with E-state index in [4.69, 9.17) is 5.11 Å². The molecule has 0 aromatic rings. The lowest BCUT2D eigenvalue weighted by molar-refractivity contribution is -0.140. The Labute approximate surface area is 148 Å². The van der Waals surface area contributed by atoms with E-state index in [2.05, 4.69) is 15.7 Å². The number of carbonyl (C=O) groups excluding carboxylic acids is 2. The molecule has 2 heterocycles. The highest BCUT2D eigenvalue weighted by molar-refractivity contribution is 5.95. The van der Waals surface area contributed by atoms with E-state index in [9.17, 15) is 14.4 Å². The average molecular weight is 352 g/mol. The second kappa shape index (κ2) is 9.50. The number of carboxylic acid groups (broad SMARTS) is 1. The molecule has 1 atom stereocenters. The van der Waals surface area contributed by atoms with Gasteiger partial charge in [0.2, 0.25) is 11.8 Å². The van der Waals surface area contributed by atoms with Crippen molar-refractivity contribution >= 4 is 23.5 Å². The lowest BCUT2D eigenvalue weighted by Crippen LogP contribution is -2.41. The molecule has 0 bridgehead atoms. The summed E-state index contributed by atoms with van der Waals surface area (Å²) in [6, 6.07) is 0. The maximum atomic E-state index is 12.6. The van der Waals surface area contributed by atoms with Crippen molar-refractivity contribution in [2.24, 2.45) is 16.9 Å². The monoisotopic (exact) mass is 352 g/mol. The number of rotatable bonds is 8. The average Bonchev–Trinajstić information content (AvgIpc) is 2.57. The minimum atomic E-state index is -0.957. The first-order chi connectivity index (χ1) is 12.0. The zero-order chi connectivity index (χ0) is 18.2. The summed E-state index contributed by atoms with van der Waals surface area (Å²) < 4.78 is 0. The Morgan fingerprint density at radius 3 is 2.76 bits per heavy atom. The lowest BCUT2D eigenvalue weighted by Gasteiger charge is -2.30. The summed E-state index contributed by atoms with van der Waals surface area (Å²) in [7, 11) is 0. The second-order valence-electron chi connectivity index (χ2n) is 6.88. The van der Waals surface area contributed by atoms with Gasteiger partial charge in [0.05, 0.1) is 12.3 Å². The van der Waals surface area contributed by atoms with Crippen molar-refractivity contribution in [3.05, 3.63) is 0 Å². The number of hydrogen-bond donors (Lipinski definition) is 3. The standard InChI is InChI=1S/C17H28N4O4/c1-12-10-14(11-15(22)19-8-4-16(23)24)17(25)21(20-12)9-5-13-2-6-18-7-3-13/h13-14,18H,2-11H2,1H3,(H,19,22)(H,23,24). The van der Waals surface area contributed by atoms with Gasteiger partial charge in [0.1, 0.15) is 0 Å². The number of hydrogen-bond acceptors (Lipinski definition) is 5. The molecule has 25 heavy (non-hydrogen) atoms. The van der Waals surface area contributed by atoms with Crippen molar-refractivity contribution in [1.82, 2.24) is 15.6 Å². The van der Waals surface area contributed by atoms with Gasteiger partial charge >= 0.3 is 5.97 Å². The molecule has 0 radical (unpaired) electrons. The van der Waals surface area contributed by atoms with Crippen LogP contribution in [0.4, 0.5) is 0 Å². The first kappa shape index (κ1) is 19.4. The van der Waals surface area contributed by atoms with Crippen LogP contribution in [0, 0.1) is 11.8 Å². The van der Waals surface area contributed by atoms with Crippen molar-refractivity contribution in [1.29, 1.82) is 0 Å². The van der Waals surface area contributed by atoms with Crippen LogP contribution in [0.5, 0.6) is 0 Å². The van der Waals surface area contributed by atoms with E-state index in [1.165, 1.54) is 5.01 Å². The van der Waals surface area contributed by atoms with Gasteiger partial charge in [-0.2, -0.15) is 5.10 Å². The fraction of sp³-hybridized carbons (Fsp3) is 0.765. The van der Waals surface area contributed by atoms with E-state index in [1.54, 1.807) is 0 Å². The summed E-state index contributed by atoms with van der Waals surface area (Å²) in [5.41, 5.74) is 0.855. The Morgan fingerprint density at radius 2 is 2.08 bits per heavy atom. The van der Waals surface area contributed by atoms with Gasteiger partial charge < -0.3 is 15.7 Å². The highest BCUT2D eigenvalue weighted by atomic mass is 16.4. The summed E-state index contributed by atoms with van der Waals surface area (Å²) in [6.45, 7) is 4.61. The van der Waals surface area contributed by atoms with Gasteiger partial charge in [0.15, 0.2) is 0 Å². The predicted octanol–water partition coefficient (Wildman–Crippen LogP) is 0.582. The molecular weight excluding hydrogens is 324 g/mol. The molecule has 2 aliphatic rings. The minimum absolute atomic E-state index is 0.0785. The van der Waals surface area contributed by atoms with Crippen molar-refractivity contribution in [3.63, 3.8) is 0 Å². The predicted molar refractivity (Wildman–Crippen MR) is 93.0 cm³/mol. The Bertz CT molecular complexity index is 529. The number of carbonyl (C=O) groups is 3. The first-order valence-electron chi connectivity index (χ1n) is 9.00. The maximum absolute atomic E-state index is 12.6. The van der Waals surface area contributed by atoms with Crippen LogP contribution in [0.1, 0.15) is 45.4 Å². The first-order valence-corrected chi connectivity index (χ1v) is 9.00. The third-order valence-electron chi connectivity index (χ3n) is 4.74. The molecule has 0 aromatic carbocycles. The van der Waals surface area contributed by atoms with E-state index >= 15 is 0 Å². The largest absolute Gasteiger partial charge is 0.481 e. The van der Waals surface area contributed by atoms with Gasteiger partial charge in [-0.3, -0.25) is 14.4 Å². The number of nitrogens with one attached hydrogen (secondary N) is 2. The van der Waals surface area contributed by atoms with Gasteiger partial charge in [0.25, 0.3) is 0 Å². The zero-order valence-corrected chi connectivity index (χ0v) is 14.8. The molecule has 1 saturated heterocycles. The summed E-state index contributed by atoms with van der Waals surface area (Å²) in [4.78, 5) is 35.0. The normalized spacial score (nSPS) is 21.8. The molecule has 3 N–H and O–H groups in total. The molecule has 1 fully saturated rings. The number of amides is 2. The molecule has 8 nitrogen and oxygen atoms in total. The van der Waals surface area contributed by atoms with Crippen LogP contribution in [-0.4, -0.2) is 59.8 Å². The number of hydrazone groups is 1. The molecule has 2 aliphatic heterocycles. The maximum Gasteiger partial charge on any atom is 0.305 e. The minimum Gasteiger partial charge on any atom is -0.481 e. The molecule has 0 aliphatic carbocycles. The van der Waals surface area contributed by atoms with E-state index in [-0.39, 0.29) is 31.2 Å². The number of piperidine rings is 1. The summed E-state index contributed by atoms with van der Waals surface area (Å²) in [6.07, 6.45) is 3.62. The third kappa shape index (κ3) is 6.45. The molecule has 8 heteroatoms. The fourth-order valence-electron chi connectivity index (χ4n) is 3.35. The van der Waals surface area contributed by atoms with Crippen LogP contribution in [0.25, 0.3) is 0 Å². The topological polar surface area (TPSA) is 111 Å². The molecule has 0 aromatic heterocycles. The molecule has 140 valence electrons. The number of aliphatic carboxylic acids is 1. The van der Waals surface area contributed by atoms with Gasteiger partial charge in [0, 0.05) is 25.2 Å². The van der Waals surface area contributed by atoms with Crippen LogP contribution in [0.2, 0.25) is 0 Å². The van der Waals surface area contributed by atoms with E-state index in [0.717, 1.165) is 38.1 Å². The summed E-state index contributed by atoms with van der Waals surface area (Å²) in [5, 5.41) is 20.4. The van der Waals surface area contributed by atoms with Crippen molar-refractivity contribution in [2.75, 3.05) is 26.2 Å². The van der Waals surface area contributed by atoms with Gasteiger partial charge in [-0.1, -0.05) is 0 Å². The zero-order valence-electron chi connectivity index (χ0n) is 14.8. The Kier molecular flexibility index (Phi) is 7.36. The van der Waals surface area contributed by atoms with Crippen LogP contribution < -0.4 is 10.6 Å². The van der Waals surface area contributed by atoms with Crippen LogP contribution in [0.15, 0.2) is 5.10 Å². The van der Waals surface area contributed by atoms with E-state index in [1.807, 2.05) is 6.92 Å². The molecule has 0 spiro atoms. The molecule has 0 saturated carbocycles. The van der Waals surface area contributed by atoms with Crippen LogP contribution >= 0.6 is 0 Å². The third-order valence-corrected chi connectivity index (χ3v) is 4.74. The summed E-state index contributed by atoms with van der Waals surface area (Å²) >= 11 is 0. The fourth-order valence-corrected chi connectivity index (χ4v) is 3.35. The second-order valence-corrected chi connectivity index (χ2v) is 6.88. The van der Waals surface area contributed by atoms with Crippen molar-refractivity contribution in [3.8, 4) is 0 Å². The number of carboxylic acids is 1. The van der Waals surface area contributed by atoms with E-state index in [0.29, 0.717) is 18.9 Å². The van der Waals surface area contributed by atoms with Gasteiger partial charge in [-0.25, -0.2) is 5.01 Å². The highest BCUT2D eigenvalue weighted by Gasteiger charge is 2.31. The van der Waals surface area contributed by atoms with Crippen LogP contribution in [0.3, 0.4) is 0 Å². The molecule has 2 rings (SSSR count). The quantitative estimate of drug-likeness (QED) is 0.592. The van der Waals surface area contributed by atoms with Crippen LogP contribution in [-0.2, 0) is 14.4 Å². The highest BCUT2D eigenvalue weighted by Crippen LogP contribution is 2.22. The summed E-state index contributed by atoms with van der Waals surface area (Å²) in [5.74, 6) is -1.14. The molecular formula is C17H28N4O4. The molecule has 2 amide bonds. The number of nitrogens with zero attached hydrogens (tertiary/aromatic N) is 2. The van der Waals surface area contributed by atoms with E-state index < -0.39 is 11.9 Å². The van der Waals surface area contributed by atoms with Crippen molar-refractivity contribution < 1.29 is 19.5 Å². The Balaban J connectivity index is 1.82.